The van der Waals surface area contributed by atoms with Crippen LogP contribution in [0.1, 0.15) is 55.5 Å². The normalized spacial score (nSPS) is 15.0. The fraction of sp³-hybridized carbons (Fsp3) is 0.0714. The molecule has 59 heavy (non-hydrogen) atoms. The number of fused-ring (bicyclic) bond motifs is 14. The van der Waals surface area contributed by atoms with Gasteiger partial charge in [-0.05, 0) is 63.7 Å². The van der Waals surface area contributed by atoms with Crippen molar-refractivity contribution in [3.63, 3.8) is 0 Å². The summed E-state index contributed by atoms with van der Waals surface area (Å²) in [6.45, 7) is 2.35. The SMILES string of the molecule is CC1CC=Cc2ccc3c4c([nH]c3c21)-c1ccccc1C4(c1ccccc1)c1ccccc1.[HH].[HH].c1ccc(-n2c3ccccc3c3[nH]c4c5ccccc5ccc4c32)cc1. The van der Waals surface area contributed by atoms with Crippen LogP contribution in [0, 0.1) is 0 Å². The minimum absolute atomic E-state index is 0. The first kappa shape index (κ1) is 33.7. The van der Waals surface area contributed by atoms with Gasteiger partial charge in [0.2, 0.25) is 0 Å². The summed E-state index contributed by atoms with van der Waals surface area (Å²) in [6.07, 6.45) is 5.69. The number of hydrogen-bond donors (Lipinski definition) is 2. The minimum atomic E-state index is -0.353. The summed E-state index contributed by atoms with van der Waals surface area (Å²) in [5.74, 6) is 0.505. The van der Waals surface area contributed by atoms with Gasteiger partial charge in [0, 0.05) is 41.2 Å². The van der Waals surface area contributed by atoms with Crippen molar-refractivity contribution in [2.24, 2.45) is 0 Å². The van der Waals surface area contributed by atoms with E-state index in [0.29, 0.717) is 5.92 Å². The highest BCUT2D eigenvalue weighted by atomic mass is 15.0. The molecule has 0 radical (unpaired) electrons. The Hall–Kier alpha value is -7.36. The van der Waals surface area contributed by atoms with Crippen molar-refractivity contribution in [3.8, 4) is 16.9 Å². The van der Waals surface area contributed by atoms with Gasteiger partial charge in [0.1, 0.15) is 0 Å². The molecule has 3 aromatic heterocycles. The third kappa shape index (κ3) is 4.82. The second-order valence-corrected chi connectivity index (χ2v) is 16.2. The summed E-state index contributed by atoms with van der Waals surface area (Å²) in [6, 6.07) is 68.0. The molecule has 2 aliphatic rings. The highest BCUT2D eigenvalue weighted by Crippen LogP contribution is 2.58. The number of aromatic amines is 2. The Kier molecular flexibility index (Phi) is 7.49. The van der Waals surface area contributed by atoms with Gasteiger partial charge in [-0.1, -0.05) is 189 Å². The smallest absolute Gasteiger partial charge is 0.0798 e. The second-order valence-electron chi connectivity index (χ2n) is 16.2. The van der Waals surface area contributed by atoms with E-state index in [-0.39, 0.29) is 8.27 Å². The first-order valence-corrected chi connectivity index (χ1v) is 20.8. The lowest BCUT2D eigenvalue weighted by molar-refractivity contribution is 0.773. The van der Waals surface area contributed by atoms with E-state index < -0.39 is 0 Å². The molecule has 11 aromatic rings. The van der Waals surface area contributed by atoms with Gasteiger partial charge in [0.05, 0.1) is 38.7 Å². The quantitative estimate of drug-likeness (QED) is 0.180. The number of benzene rings is 8. The number of aromatic nitrogens is 3. The van der Waals surface area contributed by atoms with Gasteiger partial charge in [-0.2, -0.15) is 0 Å². The van der Waals surface area contributed by atoms with Crippen LogP contribution >= 0.6 is 0 Å². The molecule has 3 heterocycles. The van der Waals surface area contributed by atoms with E-state index in [1.165, 1.54) is 105 Å². The minimum Gasteiger partial charge on any atom is -0.354 e. The van der Waals surface area contributed by atoms with Gasteiger partial charge in [0.15, 0.2) is 0 Å². The average molecular weight is 760 g/mol. The average Bonchev–Trinajstić information content (AvgIpc) is 4.04. The van der Waals surface area contributed by atoms with Crippen LogP contribution in [0.15, 0.2) is 194 Å². The van der Waals surface area contributed by atoms with Crippen molar-refractivity contribution in [1.82, 2.24) is 14.5 Å². The molecule has 13 rings (SSSR count). The Balaban J connectivity index is 0.000000145. The number of nitrogens with zero attached hydrogens (tertiary/aromatic N) is 1. The monoisotopic (exact) mass is 759 g/mol. The summed E-state index contributed by atoms with van der Waals surface area (Å²) < 4.78 is 2.37. The van der Waals surface area contributed by atoms with E-state index in [0.717, 1.165) is 6.42 Å². The van der Waals surface area contributed by atoms with Crippen molar-refractivity contribution in [2.75, 3.05) is 0 Å². The molecule has 0 saturated heterocycles. The highest BCUT2D eigenvalue weighted by Gasteiger charge is 2.48. The van der Waals surface area contributed by atoms with E-state index in [4.69, 9.17) is 0 Å². The molecule has 284 valence electrons. The Morgan fingerprint density at radius 3 is 1.97 bits per heavy atom. The summed E-state index contributed by atoms with van der Waals surface area (Å²) in [4.78, 5) is 7.68. The molecule has 0 spiro atoms. The fourth-order valence-electron chi connectivity index (χ4n) is 10.6. The number of hydrogen-bond acceptors (Lipinski definition) is 0. The van der Waals surface area contributed by atoms with Crippen LogP contribution < -0.4 is 0 Å². The third-order valence-electron chi connectivity index (χ3n) is 13.0. The van der Waals surface area contributed by atoms with E-state index in [2.05, 4.69) is 222 Å². The van der Waals surface area contributed by atoms with Crippen LogP contribution in [0.3, 0.4) is 0 Å². The third-order valence-corrected chi connectivity index (χ3v) is 13.0. The zero-order valence-corrected chi connectivity index (χ0v) is 32.8. The maximum absolute atomic E-state index is 3.95. The van der Waals surface area contributed by atoms with Gasteiger partial charge >= 0.3 is 0 Å². The van der Waals surface area contributed by atoms with Gasteiger partial charge in [-0.15, -0.1) is 0 Å². The maximum atomic E-state index is 3.95. The number of para-hydroxylation sites is 2. The summed E-state index contributed by atoms with van der Waals surface area (Å²) >= 11 is 0. The second kappa shape index (κ2) is 13.1. The first-order chi connectivity index (χ1) is 29.2. The van der Waals surface area contributed by atoms with Gasteiger partial charge in [-0.25, -0.2) is 0 Å². The molecule has 0 saturated carbocycles. The standard InChI is InChI=1S/C32H25N.C24H16N2.2H2/c1-21-11-10-12-22-19-20-26-29-31(33-30(26)28(21)22)25-17-8-9-18-27(25)32(29,23-13-4-2-5-14-23)24-15-6-3-7-16-24;1-2-9-17(10-3-1)26-21-13-7-6-12-19(21)23-24(26)20-15-14-16-8-4-5-11-18(16)22(20)25-23;;/h2-10,12-21,33H,11H2,1H3;1-15,25H;2*1H. The molecule has 0 bridgehead atoms. The van der Waals surface area contributed by atoms with Gasteiger partial charge < -0.3 is 14.5 Å². The van der Waals surface area contributed by atoms with Crippen LogP contribution in [0.2, 0.25) is 0 Å². The van der Waals surface area contributed by atoms with Crippen molar-refractivity contribution in [2.45, 2.75) is 24.7 Å². The number of nitrogens with one attached hydrogen (secondary N) is 2. The molecule has 2 aliphatic carbocycles. The fourth-order valence-corrected chi connectivity index (χ4v) is 10.6. The molecular formula is C56H45N3. The maximum Gasteiger partial charge on any atom is 0.0798 e. The Morgan fingerprint density at radius 1 is 0.542 bits per heavy atom. The number of H-pyrrole nitrogens is 2. The van der Waals surface area contributed by atoms with Crippen molar-refractivity contribution < 1.29 is 2.85 Å². The van der Waals surface area contributed by atoms with E-state index >= 15 is 0 Å². The molecule has 2 N–H and O–H groups in total. The van der Waals surface area contributed by atoms with Crippen LogP contribution in [0.4, 0.5) is 0 Å². The van der Waals surface area contributed by atoms with Crippen LogP contribution in [0.25, 0.3) is 77.5 Å². The molecule has 0 aliphatic heterocycles. The van der Waals surface area contributed by atoms with Crippen molar-refractivity contribution >= 4 is 60.6 Å². The van der Waals surface area contributed by atoms with Gasteiger partial charge in [-0.3, -0.25) is 0 Å². The Labute approximate surface area is 345 Å². The lowest BCUT2D eigenvalue weighted by Gasteiger charge is -2.33. The predicted octanol–water partition coefficient (Wildman–Crippen LogP) is 15.0. The van der Waals surface area contributed by atoms with Crippen LogP contribution in [0.5, 0.6) is 0 Å². The van der Waals surface area contributed by atoms with Crippen molar-refractivity contribution in [1.29, 1.82) is 0 Å². The molecule has 1 atom stereocenters. The molecule has 3 nitrogen and oxygen atoms in total. The number of allylic oxidation sites excluding steroid dienone is 1. The molecule has 0 fully saturated rings. The topological polar surface area (TPSA) is 36.5 Å². The molecule has 1 unspecified atom stereocenters. The highest BCUT2D eigenvalue weighted by molar-refractivity contribution is 6.23. The van der Waals surface area contributed by atoms with E-state index in [9.17, 15) is 0 Å². The Morgan fingerprint density at radius 2 is 1.19 bits per heavy atom. The lowest BCUT2D eigenvalue weighted by atomic mass is 9.67. The van der Waals surface area contributed by atoms with E-state index in [1.807, 2.05) is 0 Å². The predicted molar refractivity (Wildman–Crippen MR) is 252 cm³/mol. The van der Waals surface area contributed by atoms with Crippen LogP contribution in [-0.2, 0) is 5.41 Å². The summed E-state index contributed by atoms with van der Waals surface area (Å²) in [5.41, 5.74) is 17.8. The molecule has 8 aromatic carbocycles. The number of rotatable bonds is 3. The summed E-state index contributed by atoms with van der Waals surface area (Å²) in [7, 11) is 0. The van der Waals surface area contributed by atoms with E-state index in [1.54, 1.807) is 0 Å². The largest absolute Gasteiger partial charge is 0.354 e. The molecule has 3 heteroatoms. The molecular weight excluding hydrogens is 715 g/mol. The van der Waals surface area contributed by atoms with Gasteiger partial charge in [0.25, 0.3) is 0 Å². The molecule has 0 amide bonds. The lowest BCUT2D eigenvalue weighted by Crippen LogP contribution is -2.28. The van der Waals surface area contributed by atoms with Crippen LogP contribution in [-0.4, -0.2) is 14.5 Å². The van der Waals surface area contributed by atoms with Crippen molar-refractivity contribution in [3.05, 3.63) is 228 Å². The first-order valence-electron chi connectivity index (χ1n) is 20.8. The summed E-state index contributed by atoms with van der Waals surface area (Å²) in [5, 5.41) is 6.39. The zero-order valence-electron chi connectivity index (χ0n) is 32.8. The Bertz CT molecular complexity index is 3390. The zero-order chi connectivity index (χ0) is 39.1.